The van der Waals surface area contributed by atoms with Gasteiger partial charge in [0.25, 0.3) is 0 Å². The van der Waals surface area contributed by atoms with Gasteiger partial charge in [0.05, 0.1) is 6.54 Å². The Morgan fingerprint density at radius 1 is 0.917 bits per heavy atom. The third-order valence-electron chi connectivity index (χ3n) is 3.20. The van der Waals surface area contributed by atoms with Crippen LogP contribution in [-0.4, -0.2) is 18.4 Å². The number of benzene rings is 2. The first kappa shape index (κ1) is 18.3. The molecule has 0 bridgehead atoms. The van der Waals surface area contributed by atoms with Crippen molar-refractivity contribution in [1.82, 2.24) is 0 Å². The summed E-state index contributed by atoms with van der Waals surface area (Å²) in [5.41, 5.74) is 2.22. The Labute approximate surface area is 155 Å². The molecule has 2 amide bonds. The fraction of sp³-hybridized carbons (Fsp3) is 0.222. The van der Waals surface area contributed by atoms with Gasteiger partial charge in [0.2, 0.25) is 11.8 Å². The summed E-state index contributed by atoms with van der Waals surface area (Å²) in [5, 5.41) is 8.70. The summed E-state index contributed by atoms with van der Waals surface area (Å²) in [4.78, 5) is 23.6. The van der Waals surface area contributed by atoms with Crippen molar-refractivity contribution < 1.29 is 9.59 Å². The molecule has 0 aliphatic carbocycles. The van der Waals surface area contributed by atoms with Crippen molar-refractivity contribution in [2.45, 2.75) is 19.8 Å². The van der Waals surface area contributed by atoms with E-state index < -0.39 is 0 Å². The predicted molar refractivity (Wildman–Crippen MR) is 106 cm³/mol. The van der Waals surface area contributed by atoms with Crippen LogP contribution in [0.2, 0.25) is 0 Å². The van der Waals surface area contributed by atoms with Gasteiger partial charge in [-0.3, -0.25) is 9.59 Å². The lowest BCUT2D eigenvalue weighted by molar-refractivity contribution is -0.116. The summed E-state index contributed by atoms with van der Waals surface area (Å²) in [6.07, 6.45) is 1.28. The Kier molecular flexibility index (Phi) is 7.05. The standard InChI is InChI=1S/C18H20IN3O2/c1-2-4-17(23)21-15-5-3-6-16(11-15)22-18(24)12-20-14-9-7-13(19)8-10-14/h3,5-11,20H,2,4,12H2,1H3,(H,21,23)(H,22,24). The number of rotatable bonds is 7. The van der Waals surface area contributed by atoms with Gasteiger partial charge in [-0.15, -0.1) is 0 Å². The van der Waals surface area contributed by atoms with E-state index in [-0.39, 0.29) is 18.4 Å². The van der Waals surface area contributed by atoms with Gasteiger partial charge in [0, 0.05) is 27.1 Å². The van der Waals surface area contributed by atoms with Crippen molar-refractivity contribution in [3.63, 3.8) is 0 Å². The monoisotopic (exact) mass is 437 g/mol. The maximum Gasteiger partial charge on any atom is 0.243 e. The van der Waals surface area contributed by atoms with E-state index in [0.717, 1.165) is 15.7 Å². The third-order valence-corrected chi connectivity index (χ3v) is 3.92. The topological polar surface area (TPSA) is 70.2 Å². The van der Waals surface area contributed by atoms with Crippen LogP contribution in [0.4, 0.5) is 17.1 Å². The highest BCUT2D eigenvalue weighted by molar-refractivity contribution is 14.1. The summed E-state index contributed by atoms with van der Waals surface area (Å²) in [7, 11) is 0. The van der Waals surface area contributed by atoms with Crippen molar-refractivity contribution in [2.24, 2.45) is 0 Å². The molecular formula is C18H20IN3O2. The third kappa shape index (κ3) is 6.19. The van der Waals surface area contributed by atoms with Crippen molar-refractivity contribution in [2.75, 3.05) is 22.5 Å². The predicted octanol–water partition coefficient (Wildman–Crippen LogP) is 4.08. The van der Waals surface area contributed by atoms with Gasteiger partial charge in [-0.25, -0.2) is 0 Å². The number of carbonyl (C=O) groups excluding carboxylic acids is 2. The number of carbonyl (C=O) groups is 2. The molecule has 0 atom stereocenters. The molecule has 0 fully saturated rings. The Morgan fingerprint density at radius 3 is 2.17 bits per heavy atom. The van der Waals surface area contributed by atoms with E-state index >= 15 is 0 Å². The molecule has 0 radical (unpaired) electrons. The Bertz CT molecular complexity index is 702. The van der Waals surface area contributed by atoms with E-state index in [1.165, 1.54) is 0 Å². The van der Waals surface area contributed by atoms with Crippen LogP contribution in [0.25, 0.3) is 0 Å². The lowest BCUT2D eigenvalue weighted by atomic mass is 10.2. The highest BCUT2D eigenvalue weighted by Gasteiger charge is 2.05. The second-order valence-electron chi connectivity index (χ2n) is 5.29. The summed E-state index contributed by atoms with van der Waals surface area (Å²) >= 11 is 2.23. The van der Waals surface area contributed by atoms with Gasteiger partial charge in [-0.1, -0.05) is 13.0 Å². The van der Waals surface area contributed by atoms with Crippen molar-refractivity contribution >= 4 is 51.5 Å². The molecule has 126 valence electrons. The number of nitrogens with one attached hydrogen (secondary N) is 3. The van der Waals surface area contributed by atoms with E-state index in [9.17, 15) is 9.59 Å². The maximum atomic E-state index is 12.0. The van der Waals surface area contributed by atoms with Crippen molar-refractivity contribution in [3.8, 4) is 0 Å². The molecule has 24 heavy (non-hydrogen) atoms. The lowest BCUT2D eigenvalue weighted by Crippen LogP contribution is -2.21. The molecule has 3 N–H and O–H groups in total. The van der Waals surface area contributed by atoms with E-state index in [2.05, 4.69) is 38.5 Å². The van der Waals surface area contributed by atoms with E-state index in [4.69, 9.17) is 0 Å². The number of hydrogen-bond donors (Lipinski definition) is 3. The molecule has 2 aromatic rings. The molecule has 0 saturated carbocycles. The molecule has 0 aliphatic rings. The van der Waals surface area contributed by atoms with Crippen LogP contribution in [0.15, 0.2) is 48.5 Å². The second-order valence-corrected chi connectivity index (χ2v) is 6.53. The molecule has 0 saturated heterocycles. The summed E-state index contributed by atoms with van der Waals surface area (Å²) in [5.74, 6) is -0.174. The van der Waals surface area contributed by atoms with E-state index in [0.29, 0.717) is 17.8 Å². The lowest BCUT2D eigenvalue weighted by Gasteiger charge is -2.10. The molecule has 0 unspecified atom stereocenters. The fourth-order valence-electron chi connectivity index (χ4n) is 2.08. The average Bonchev–Trinajstić information content (AvgIpc) is 2.55. The summed E-state index contributed by atoms with van der Waals surface area (Å²) in [6.45, 7) is 2.13. The van der Waals surface area contributed by atoms with Crippen molar-refractivity contribution in [1.29, 1.82) is 0 Å². The zero-order valence-corrected chi connectivity index (χ0v) is 15.6. The quantitative estimate of drug-likeness (QED) is 0.572. The molecule has 2 rings (SSSR count). The molecule has 0 heterocycles. The van der Waals surface area contributed by atoms with Crippen LogP contribution < -0.4 is 16.0 Å². The molecule has 0 aromatic heterocycles. The molecule has 6 heteroatoms. The van der Waals surface area contributed by atoms with Crippen LogP contribution in [-0.2, 0) is 9.59 Å². The minimum atomic E-state index is -0.148. The van der Waals surface area contributed by atoms with E-state index in [1.807, 2.05) is 31.2 Å². The first-order valence-electron chi connectivity index (χ1n) is 7.76. The average molecular weight is 437 g/mol. The van der Waals surface area contributed by atoms with Crippen LogP contribution in [0.5, 0.6) is 0 Å². The zero-order valence-electron chi connectivity index (χ0n) is 13.4. The van der Waals surface area contributed by atoms with Gasteiger partial charge >= 0.3 is 0 Å². The molecule has 0 aliphatic heterocycles. The van der Waals surface area contributed by atoms with Crippen LogP contribution in [0, 0.1) is 3.57 Å². The van der Waals surface area contributed by atoms with Gasteiger partial charge in [0.1, 0.15) is 0 Å². The molecule has 2 aromatic carbocycles. The van der Waals surface area contributed by atoms with Crippen LogP contribution in [0.3, 0.4) is 0 Å². The fourth-order valence-corrected chi connectivity index (χ4v) is 2.44. The number of hydrogen-bond acceptors (Lipinski definition) is 3. The van der Waals surface area contributed by atoms with E-state index in [1.54, 1.807) is 24.3 Å². The zero-order chi connectivity index (χ0) is 17.4. The van der Waals surface area contributed by atoms with Gasteiger partial charge in [-0.2, -0.15) is 0 Å². The normalized spacial score (nSPS) is 10.1. The van der Waals surface area contributed by atoms with Gasteiger partial charge < -0.3 is 16.0 Å². The smallest absolute Gasteiger partial charge is 0.243 e. The molecule has 0 spiro atoms. The first-order chi connectivity index (χ1) is 11.6. The number of amides is 2. The SMILES string of the molecule is CCCC(=O)Nc1cccc(NC(=O)CNc2ccc(I)cc2)c1. The Morgan fingerprint density at radius 2 is 1.54 bits per heavy atom. The summed E-state index contributed by atoms with van der Waals surface area (Å²) in [6, 6.07) is 14.9. The van der Waals surface area contributed by atoms with Gasteiger partial charge in [-0.05, 0) is 71.5 Å². The maximum absolute atomic E-state index is 12.0. The Hall–Kier alpha value is -2.09. The van der Waals surface area contributed by atoms with Crippen LogP contribution in [0.1, 0.15) is 19.8 Å². The van der Waals surface area contributed by atoms with Gasteiger partial charge in [0.15, 0.2) is 0 Å². The highest BCUT2D eigenvalue weighted by Crippen LogP contribution is 2.16. The Balaban J connectivity index is 1.87. The summed E-state index contributed by atoms with van der Waals surface area (Å²) < 4.78 is 1.14. The number of anilines is 3. The first-order valence-corrected chi connectivity index (χ1v) is 8.84. The minimum absolute atomic E-state index is 0.0265. The second kappa shape index (κ2) is 9.27. The largest absolute Gasteiger partial charge is 0.376 e. The highest BCUT2D eigenvalue weighted by atomic mass is 127. The van der Waals surface area contributed by atoms with Crippen LogP contribution >= 0.6 is 22.6 Å². The molecule has 5 nitrogen and oxygen atoms in total. The minimum Gasteiger partial charge on any atom is -0.376 e. The van der Waals surface area contributed by atoms with Crippen molar-refractivity contribution in [3.05, 3.63) is 52.1 Å². The number of halogens is 1. The molecular weight excluding hydrogens is 417 g/mol.